The van der Waals surface area contributed by atoms with Gasteiger partial charge in [0.1, 0.15) is 0 Å². The zero-order valence-electron chi connectivity index (χ0n) is 8.82. The Labute approximate surface area is 91.4 Å². The third kappa shape index (κ3) is 1.04. The minimum atomic E-state index is -0.469. The summed E-state index contributed by atoms with van der Waals surface area (Å²) in [6.45, 7) is 0. The predicted octanol–water partition coefficient (Wildman–Crippen LogP) is 0.00770. The molecule has 1 aliphatic rings. The Morgan fingerprint density at radius 2 is 2.38 bits per heavy atom. The first-order chi connectivity index (χ1) is 7.68. The van der Waals surface area contributed by atoms with Gasteiger partial charge in [-0.1, -0.05) is 0 Å². The maximum absolute atomic E-state index is 11.3. The van der Waals surface area contributed by atoms with Crippen molar-refractivity contribution in [2.75, 3.05) is 0 Å². The molecule has 6 heteroatoms. The van der Waals surface area contributed by atoms with Crippen molar-refractivity contribution in [2.24, 2.45) is 12.8 Å². The smallest absolute Gasteiger partial charge is 0.269 e. The summed E-state index contributed by atoms with van der Waals surface area (Å²) in [6, 6.07) is 0. The number of amides is 1. The molecule has 0 aliphatic heterocycles. The molecular weight excluding hydrogens is 206 g/mol. The van der Waals surface area contributed by atoms with Gasteiger partial charge in [-0.3, -0.25) is 14.6 Å². The van der Waals surface area contributed by atoms with Crippen molar-refractivity contribution in [1.29, 1.82) is 0 Å². The molecule has 2 aromatic heterocycles. The second kappa shape index (κ2) is 2.94. The Bertz CT molecular complexity index is 580. The fourth-order valence-corrected chi connectivity index (χ4v) is 2.30. The lowest BCUT2D eigenvalue weighted by atomic mass is 9.94. The van der Waals surface area contributed by atoms with Gasteiger partial charge in [0.15, 0.2) is 5.69 Å². The number of carbonyl (C=O) groups excluding carboxylic acids is 1. The largest absolute Gasteiger partial charge is 0.364 e. The average molecular weight is 217 g/mol. The summed E-state index contributed by atoms with van der Waals surface area (Å²) in [6.07, 6.45) is 3.38. The van der Waals surface area contributed by atoms with Crippen molar-refractivity contribution in [3.63, 3.8) is 0 Å². The van der Waals surface area contributed by atoms with E-state index in [-0.39, 0.29) is 0 Å². The predicted molar refractivity (Wildman–Crippen MR) is 56.7 cm³/mol. The van der Waals surface area contributed by atoms with E-state index in [1.807, 2.05) is 7.05 Å². The molecule has 0 atom stereocenters. The minimum Gasteiger partial charge on any atom is -0.364 e. The van der Waals surface area contributed by atoms with Crippen LogP contribution in [0.25, 0.3) is 11.3 Å². The topological polar surface area (TPSA) is 89.6 Å². The number of nitrogens with one attached hydrogen (secondary N) is 1. The van der Waals surface area contributed by atoms with E-state index in [9.17, 15) is 4.79 Å². The summed E-state index contributed by atoms with van der Waals surface area (Å²) < 4.78 is 1.70. The van der Waals surface area contributed by atoms with Crippen LogP contribution in [-0.2, 0) is 19.9 Å². The van der Waals surface area contributed by atoms with E-state index in [0.29, 0.717) is 5.69 Å². The van der Waals surface area contributed by atoms with Crippen molar-refractivity contribution in [3.05, 3.63) is 23.1 Å². The standard InChI is InChI=1S/C10H11N5O/c1-15-9-5(8(14-15)10(11)16)2-3-7-6(9)4-12-13-7/h4H,2-3H2,1H3,(H2,11,16)(H,12,13). The van der Waals surface area contributed by atoms with Crippen molar-refractivity contribution >= 4 is 5.91 Å². The number of fused-ring (bicyclic) bond motifs is 3. The summed E-state index contributed by atoms with van der Waals surface area (Å²) in [7, 11) is 1.81. The highest BCUT2D eigenvalue weighted by Crippen LogP contribution is 2.33. The molecule has 6 nitrogen and oxygen atoms in total. The van der Waals surface area contributed by atoms with E-state index in [0.717, 1.165) is 35.4 Å². The van der Waals surface area contributed by atoms with Gasteiger partial charge in [-0.25, -0.2) is 0 Å². The monoisotopic (exact) mass is 217 g/mol. The van der Waals surface area contributed by atoms with E-state index in [1.54, 1.807) is 10.9 Å². The Hall–Kier alpha value is -2.11. The number of rotatable bonds is 1. The fraction of sp³-hybridized carbons (Fsp3) is 0.300. The highest BCUT2D eigenvalue weighted by Gasteiger charge is 2.27. The average Bonchev–Trinajstić information content (AvgIpc) is 2.81. The van der Waals surface area contributed by atoms with Crippen LogP contribution in [0.5, 0.6) is 0 Å². The van der Waals surface area contributed by atoms with Crippen LogP contribution < -0.4 is 5.73 Å². The molecule has 2 aromatic rings. The minimum absolute atomic E-state index is 0.379. The summed E-state index contributed by atoms with van der Waals surface area (Å²) in [4.78, 5) is 11.3. The summed E-state index contributed by atoms with van der Waals surface area (Å²) in [5, 5.41) is 11.1. The van der Waals surface area contributed by atoms with Gasteiger partial charge in [0.25, 0.3) is 5.91 Å². The first-order valence-electron chi connectivity index (χ1n) is 5.06. The van der Waals surface area contributed by atoms with E-state index < -0.39 is 5.91 Å². The molecule has 0 aromatic carbocycles. The number of carbonyl (C=O) groups is 1. The first kappa shape index (κ1) is 9.14. The lowest BCUT2D eigenvalue weighted by Gasteiger charge is -2.12. The SMILES string of the molecule is Cn1nc(C(N)=O)c2c1-c1cn[nH]c1CC2. The Kier molecular flexibility index (Phi) is 1.68. The second-order valence-electron chi connectivity index (χ2n) is 3.93. The van der Waals surface area contributed by atoms with Crippen molar-refractivity contribution in [2.45, 2.75) is 12.8 Å². The molecule has 2 heterocycles. The van der Waals surface area contributed by atoms with Crippen molar-refractivity contribution < 1.29 is 4.79 Å². The van der Waals surface area contributed by atoms with Gasteiger partial charge in [-0.15, -0.1) is 0 Å². The second-order valence-corrected chi connectivity index (χ2v) is 3.93. The van der Waals surface area contributed by atoms with Gasteiger partial charge in [-0.05, 0) is 12.8 Å². The van der Waals surface area contributed by atoms with E-state index in [4.69, 9.17) is 5.73 Å². The number of nitrogens with two attached hydrogens (primary N) is 1. The molecule has 82 valence electrons. The zero-order chi connectivity index (χ0) is 11.3. The van der Waals surface area contributed by atoms with Crippen LogP contribution in [0.2, 0.25) is 0 Å². The molecule has 3 N–H and O–H groups in total. The van der Waals surface area contributed by atoms with E-state index in [2.05, 4.69) is 15.3 Å². The van der Waals surface area contributed by atoms with Gasteiger partial charge in [0, 0.05) is 23.9 Å². The third-order valence-electron chi connectivity index (χ3n) is 2.98. The summed E-state index contributed by atoms with van der Waals surface area (Å²) in [5.41, 5.74) is 9.68. The molecule has 0 saturated heterocycles. The number of aromatic amines is 1. The molecular formula is C10H11N5O. The van der Waals surface area contributed by atoms with Gasteiger partial charge in [0.05, 0.1) is 11.9 Å². The number of hydrogen-bond donors (Lipinski definition) is 2. The molecule has 1 amide bonds. The highest BCUT2D eigenvalue weighted by atomic mass is 16.1. The zero-order valence-corrected chi connectivity index (χ0v) is 8.82. The molecule has 0 unspecified atom stereocenters. The van der Waals surface area contributed by atoms with Crippen molar-refractivity contribution in [1.82, 2.24) is 20.0 Å². The number of primary amides is 1. The summed E-state index contributed by atoms with van der Waals surface area (Å²) in [5.74, 6) is -0.469. The lowest BCUT2D eigenvalue weighted by Crippen LogP contribution is -2.15. The maximum atomic E-state index is 11.3. The molecule has 0 fully saturated rings. The third-order valence-corrected chi connectivity index (χ3v) is 2.98. The van der Waals surface area contributed by atoms with Gasteiger partial charge < -0.3 is 5.73 Å². The highest BCUT2D eigenvalue weighted by molar-refractivity contribution is 5.94. The van der Waals surface area contributed by atoms with Gasteiger partial charge in [0.2, 0.25) is 0 Å². The van der Waals surface area contributed by atoms with Gasteiger partial charge >= 0.3 is 0 Å². The quantitative estimate of drug-likeness (QED) is 0.705. The number of nitrogens with zero attached hydrogens (tertiary/aromatic N) is 3. The molecule has 16 heavy (non-hydrogen) atoms. The van der Waals surface area contributed by atoms with Crippen LogP contribution >= 0.6 is 0 Å². The van der Waals surface area contributed by atoms with Crippen LogP contribution in [0.15, 0.2) is 6.20 Å². The molecule has 0 radical (unpaired) electrons. The Morgan fingerprint density at radius 3 is 3.12 bits per heavy atom. The molecule has 0 spiro atoms. The van der Waals surface area contributed by atoms with E-state index in [1.165, 1.54) is 0 Å². The van der Waals surface area contributed by atoms with Crippen LogP contribution in [0.1, 0.15) is 21.7 Å². The number of hydrogen-bond acceptors (Lipinski definition) is 3. The van der Waals surface area contributed by atoms with Crippen LogP contribution in [-0.4, -0.2) is 25.9 Å². The van der Waals surface area contributed by atoms with E-state index >= 15 is 0 Å². The summed E-state index contributed by atoms with van der Waals surface area (Å²) >= 11 is 0. The van der Waals surface area contributed by atoms with Gasteiger partial charge in [-0.2, -0.15) is 10.2 Å². The normalized spacial score (nSPS) is 13.3. The van der Waals surface area contributed by atoms with Crippen LogP contribution in [0.4, 0.5) is 0 Å². The molecule has 3 rings (SSSR count). The fourth-order valence-electron chi connectivity index (χ4n) is 2.30. The number of aromatic nitrogens is 4. The molecule has 0 saturated carbocycles. The molecule has 1 aliphatic carbocycles. The number of aryl methyl sites for hydroxylation is 2. The number of H-pyrrole nitrogens is 1. The lowest BCUT2D eigenvalue weighted by molar-refractivity contribution is 0.0994. The van der Waals surface area contributed by atoms with Crippen molar-refractivity contribution in [3.8, 4) is 11.3 Å². The first-order valence-corrected chi connectivity index (χ1v) is 5.06. The Balaban J connectivity index is 2.30. The van der Waals surface area contributed by atoms with Crippen LogP contribution in [0, 0.1) is 0 Å². The Morgan fingerprint density at radius 1 is 1.56 bits per heavy atom. The maximum Gasteiger partial charge on any atom is 0.269 e. The molecule has 0 bridgehead atoms. The van der Waals surface area contributed by atoms with Crippen LogP contribution in [0.3, 0.4) is 0 Å².